The maximum Gasteiger partial charge on any atom is 0.321 e. The van der Waals surface area contributed by atoms with Gasteiger partial charge in [-0.05, 0) is 5.56 Å². The summed E-state index contributed by atoms with van der Waals surface area (Å²) in [6.07, 6.45) is 0.219. The molecular weight excluding hydrogens is 274 g/mol. The van der Waals surface area contributed by atoms with Crippen LogP contribution in [0.2, 0.25) is 0 Å². The van der Waals surface area contributed by atoms with Gasteiger partial charge in [0, 0.05) is 19.4 Å². The second kappa shape index (κ2) is 6.99. The average molecular weight is 291 g/mol. The van der Waals surface area contributed by atoms with Crippen molar-refractivity contribution >= 4 is 17.7 Å². The van der Waals surface area contributed by atoms with E-state index in [1.165, 1.54) is 4.90 Å². The fourth-order valence-electron chi connectivity index (χ4n) is 2.25. The number of ketones is 1. The zero-order chi connectivity index (χ0) is 15.2. The van der Waals surface area contributed by atoms with Gasteiger partial charge in [0.15, 0.2) is 0 Å². The Hall–Kier alpha value is -2.21. The molecule has 112 valence electrons. The maximum absolute atomic E-state index is 11.8. The molecule has 1 atom stereocenters. The van der Waals surface area contributed by atoms with Crippen LogP contribution in [-0.2, 0) is 25.7 Å². The number of esters is 1. The van der Waals surface area contributed by atoms with Crippen LogP contribution in [0.15, 0.2) is 30.3 Å². The van der Waals surface area contributed by atoms with Crippen LogP contribution in [0.5, 0.6) is 0 Å². The van der Waals surface area contributed by atoms with Crippen molar-refractivity contribution in [3.8, 4) is 0 Å². The number of rotatable bonds is 5. The Morgan fingerprint density at radius 2 is 2.00 bits per heavy atom. The number of likely N-dealkylation sites (tertiary alicyclic amines) is 1. The molecular formula is C15H17NO5. The number of benzene rings is 1. The maximum atomic E-state index is 11.8. The SMILES string of the molecule is O=C1CCN(CC(=O)OCc2ccccc2)C(C(=O)O)C1. The number of nitrogens with zero attached hydrogens (tertiary/aromatic N) is 1. The topological polar surface area (TPSA) is 83.9 Å². The number of carboxylic acids is 1. The summed E-state index contributed by atoms with van der Waals surface area (Å²) in [6, 6.07) is 8.31. The Kier molecular flexibility index (Phi) is 5.05. The lowest BCUT2D eigenvalue weighted by Crippen LogP contribution is -2.49. The van der Waals surface area contributed by atoms with E-state index in [2.05, 4.69) is 0 Å². The summed E-state index contributed by atoms with van der Waals surface area (Å²) in [5, 5.41) is 9.10. The van der Waals surface area contributed by atoms with Gasteiger partial charge in [-0.1, -0.05) is 30.3 Å². The zero-order valence-corrected chi connectivity index (χ0v) is 11.5. The van der Waals surface area contributed by atoms with Crippen LogP contribution < -0.4 is 0 Å². The van der Waals surface area contributed by atoms with Gasteiger partial charge in [-0.25, -0.2) is 0 Å². The number of hydrogen-bond donors (Lipinski definition) is 1. The molecule has 0 bridgehead atoms. The third kappa shape index (κ3) is 4.39. The molecule has 6 heteroatoms. The monoisotopic (exact) mass is 291 g/mol. The highest BCUT2D eigenvalue weighted by atomic mass is 16.5. The highest BCUT2D eigenvalue weighted by molar-refractivity contribution is 5.87. The van der Waals surface area contributed by atoms with E-state index < -0.39 is 18.0 Å². The Balaban J connectivity index is 1.86. The van der Waals surface area contributed by atoms with Crippen molar-refractivity contribution in [1.82, 2.24) is 4.90 Å². The molecule has 0 aromatic heterocycles. The number of aliphatic carboxylic acids is 1. The number of carbonyl (C=O) groups is 3. The lowest BCUT2D eigenvalue weighted by atomic mass is 10.0. The van der Waals surface area contributed by atoms with E-state index in [1.807, 2.05) is 30.3 Å². The first-order valence-corrected chi connectivity index (χ1v) is 6.74. The summed E-state index contributed by atoms with van der Waals surface area (Å²) in [7, 11) is 0. The van der Waals surface area contributed by atoms with Gasteiger partial charge in [-0.3, -0.25) is 19.3 Å². The van der Waals surface area contributed by atoms with Crippen molar-refractivity contribution in [3.63, 3.8) is 0 Å². The van der Waals surface area contributed by atoms with Crippen LogP contribution in [-0.4, -0.2) is 46.9 Å². The fourth-order valence-corrected chi connectivity index (χ4v) is 2.25. The van der Waals surface area contributed by atoms with E-state index in [-0.39, 0.29) is 38.3 Å². The largest absolute Gasteiger partial charge is 0.480 e. The van der Waals surface area contributed by atoms with Crippen molar-refractivity contribution in [3.05, 3.63) is 35.9 Å². The van der Waals surface area contributed by atoms with Gasteiger partial charge >= 0.3 is 11.9 Å². The smallest absolute Gasteiger partial charge is 0.321 e. The highest BCUT2D eigenvalue weighted by Gasteiger charge is 2.33. The molecule has 1 fully saturated rings. The van der Waals surface area contributed by atoms with Gasteiger partial charge in [0.25, 0.3) is 0 Å². The Morgan fingerprint density at radius 3 is 2.67 bits per heavy atom. The van der Waals surface area contributed by atoms with E-state index >= 15 is 0 Å². The standard InChI is InChI=1S/C15H17NO5/c17-12-6-7-16(13(8-12)15(19)20)9-14(18)21-10-11-4-2-1-3-5-11/h1-5,13H,6-10H2,(H,19,20). The van der Waals surface area contributed by atoms with Crippen molar-refractivity contribution < 1.29 is 24.2 Å². The van der Waals surface area contributed by atoms with E-state index in [4.69, 9.17) is 9.84 Å². The van der Waals surface area contributed by atoms with Crippen molar-refractivity contribution in [2.24, 2.45) is 0 Å². The zero-order valence-electron chi connectivity index (χ0n) is 11.5. The molecule has 1 aromatic rings. The molecule has 1 heterocycles. The average Bonchev–Trinajstić information content (AvgIpc) is 2.48. The van der Waals surface area contributed by atoms with Crippen LogP contribution in [0.3, 0.4) is 0 Å². The number of carbonyl (C=O) groups excluding carboxylic acids is 2. The summed E-state index contributed by atoms with van der Waals surface area (Å²) >= 11 is 0. The van der Waals surface area contributed by atoms with Gasteiger partial charge in [-0.15, -0.1) is 0 Å². The number of ether oxygens (including phenoxy) is 1. The normalized spacial score (nSPS) is 19.2. The summed E-state index contributed by atoms with van der Waals surface area (Å²) in [5.74, 6) is -1.66. The van der Waals surface area contributed by atoms with Crippen LogP contribution in [0.4, 0.5) is 0 Å². The van der Waals surface area contributed by atoms with Crippen molar-refractivity contribution in [1.29, 1.82) is 0 Å². The lowest BCUT2D eigenvalue weighted by molar-refractivity contribution is -0.153. The van der Waals surface area contributed by atoms with Crippen LogP contribution >= 0.6 is 0 Å². The third-order valence-electron chi connectivity index (χ3n) is 3.40. The molecule has 6 nitrogen and oxygen atoms in total. The summed E-state index contributed by atoms with van der Waals surface area (Å²) in [6.45, 7) is 0.317. The van der Waals surface area contributed by atoms with Gasteiger partial charge in [0.1, 0.15) is 18.4 Å². The first-order valence-electron chi connectivity index (χ1n) is 6.74. The second-order valence-electron chi connectivity index (χ2n) is 4.96. The van der Waals surface area contributed by atoms with E-state index in [0.29, 0.717) is 0 Å². The number of Topliss-reactive ketones (excluding diaryl/α,β-unsaturated/α-hetero) is 1. The molecule has 0 saturated carbocycles. The number of piperidine rings is 1. The minimum absolute atomic E-state index is 0.0543. The first-order chi connectivity index (χ1) is 10.1. The summed E-state index contributed by atoms with van der Waals surface area (Å²) < 4.78 is 5.13. The molecule has 0 radical (unpaired) electrons. The van der Waals surface area contributed by atoms with Gasteiger partial charge < -0.3 is 9.84 Å². The van der Waals surface area contributed by atoms with Crippen LogP contribution in [0, 0.1) is 0 Å². The minimum Gasteiger partial charge on any atom is -0.480 e. The van der Waals surface area contributed by atoms with Crippen LogP contribution in [0.1, 0.15) is 18.4 Å². The van der Waals surface area contributed by atoms with Crippen LogP contribution in [0.25, 0.3) is 0 Å². The first kappa shape index (κ1) is 15.2. The molecule has 1 aliphatic heterocycles. The molecule has 2 rings (SSSR count). The Labute approximate surface area is 122 Å². The predicted octanol–water partition coefficient (Wildman–Crippen LogP) is 0.848. The summed E-state index contributed by atoms with van der Waals surface area (Å²) in [4.78, 5) is 35.7. The lowest BCUT2D eigenvalue weighted by Gasteiger charge is -2.31. The number of hydrogen-bond acceptors (Lipinski definition) is 5. The molecule has 1 saturated heterocycles. The molecule has 0 spiro atoms. The Bertz CT molecular complexity index is 528. The van der Waals surface area contributed by atoms with E-state index in [0.717, 1.165) is 5.56 Å². The van der Waals surface area contributed by atoms with Crippen molar-refractivity contribution in [2.45, 2.75) is 25.5 Å². The van der Waals surface area contributed by atoms with Gasteiger partial charge in [0.2, 0.25) is 0 Å². The molecule has 1 aliphatic rings. The predicted molar refractivity (Wildman–Crippen MR) is 73.5 cm³/mol. The highest BCUT2D eigenvalue weighted by Crippen LogP contribution is 2.14. The fraction of sp³-hybridized carbons (Fsp3) is 0.400. The summed E-state index contributed by atoms with van der Waals surface area (Å²) in [5.41, 5.74) is 0.870. The Morgan fingerprint density at radius 1 is 1.29 bits per heavy atom. The van der Waals surface area contributed by atoms with Gasteiger partial charge in [0.05, 0.1) is 6.54 Å². The van der Waals surface area contributed by atoms with E-state index in [9.17, 15) is 14.4 Å². The molecule has 1 unspecified atom stereocenters. The third-order valence-corrected chi connectivity index (χ3v) is 3.40. The van der Waals surface area contributed by atoms with Crippen molar-refractivity contribution in [2.75, 3.05) is 13.1 Å². The molecule has 21 heavy (non-hydrogen) atoms. The second-order valence-corrected chi connectivity index (χ2v) is 4.96. The molecule has 0 amide bonds. The molecule has 1 N–H and O–H groups in total. The van der Waals surface area contributed by atoms with Gasteiger partial charge in [-0.2, -0.15) is 0 Å². The minimum atomic E-state index is -1.08. The quantitative estimate of drug-likeness (QED) is 0.810. The molecule has 0 aliphatic carbocycles. The number of carboxylic acid groups (broad SMARTS) is 1. The van der Waals surface area contributed by atoms with E-state index in [1.54, 1.807) is 0 Å². The molecule has 1 aromatic carbocycles.